The van der Waals surface area contributed by atoms with Gasteiger partial charge in [-0.05, 0) is 60.7 Å². The van der Waals surface area contributed by atoms with Gasteiger partial charge >= 0.3 is 0 Å². The third-order valence-electron chi connectivity index (χ3n) is 4.60. The zero-order chi connectivity index (χ0) is 21.1. The number of benzene rings is 3. The van der Waals surface area contributed by atoms with Crippen molar-refractivity contribution in [3.63, 3.8) is 0 Å². The summed E-state index contributed by atoms with van der Waals surface area (Å²) in [6, 6.07) is 22.7. The molecule has 4 aromatic rings. The van der Waals surface area contributed by atoms with Crippen LogP contribution in [0.4, 0.5) is 5.69 Å². The normalized spacial score (nSPS) is 11.0. The number of aromatic nitrogens is 1. The maximum Gasteiger partial charge on any atom is 0.255 e. The van der Waals surface area contributed by atoms with Crippen molar-refractivity contribution in [3.8, 4) is 6.07 Å². The Morgan fingerprint density at radius 1 is 0.900 bits per heavy atom. The molecule has 0 radical (unpaired) electrons. The van der Waals surface area contributed by atoms with Crippen LogP contribution in [0, 0.1) is 11.3 Å². The van der Waals surface area contributed by atoms with Gasteiger partial charge < -0.3 is 5.32 Å². The van der Waals surface area contributed by atoms with Crippen LogP contribution in [0.2, 0.25) is 0 Å². The van der Waals surface area contributed by atoms with E-state index in [2.05, 4.69) is 10.3 Å². The number of carbonyl (C=O) groups excluding carboxylic acids is 1. The third kappa shape index (κ3) is 3.52. The molecule has 0 saturated heterocycles. The van der Waals surface area contributed by atoms with E-state index in [1.807, 2.05) is 12.1 Å². The molecule has 0 saturated carbocycles. The fourth-order valence-electron chi connectivity index (χ4n) is 3.10. The molecule has 0 aliphatic carbocycles. The van der Waals surface area contributed by atoms with Crippen LogP contribution >= 0.6 is 0 Å². The number of nitriles is 1. The van der Waals surface area contributed by atoms with Gasteiger partial charge in [0.25, 0.3) is 5.91 Å². The van der Waals surface area contributed by atoms with E-state index in [1.165, 1.54) is 36.4 Å². The van der Waals surface area contributed by atoms with Crippen molar-refractivity contribution in [2.75, 3.05) is 5.32 Å². The van der Waals surface area contributed by atoms with Gasteiger partial charge in [0, 0.05) is 17.1 Å². The molecule has 0 aliphatic heterocycles. The third-order valence-corrected chi connectivity index (χ3v) is 6.42. The Hall–Kier alpha value is -4.02. The van der Waals surface area contributed by atoms with Gasteiger partial charge in [-0.15, -0.1) is 0 Å². The molecule has 3 aromatic carbocycles. The van der Waals surface area contributed by atoms with E-state index in [-0.39, 0.29) is 15.7 Å². The summed E-state index contributed by atoms with van der Waals surface area (Å²) in [6.07, 6.45) is 1.54. The Morgan fingerprint density at radius 2 is 1.63 bits per heavy atom. The standard InChI is InChI=1S/C23H15N3O3S/c24-15-16-8-10-18(11-9-16)30(28,29)21-13-12-20(22-19(21)7-4-14-25-22)26-23(27)17-5-2-1-3-6-17/h1-14H,(H,26,27). The van der Waals surface area contributed by atoms with Crippen LogP contribution in [0.3, 0.4) is 0 Å². The molecular formula is C23H15N3O3S. The lowest BCUT2D eigenvalue weighted by molar-refractivity contribution is 0.102. The highest BCUT2D eigenvalue weighted by molar-refractivity contribution is 7.91. The maximum atomic E-state index is 13.2. The van der Waals surface area contributed by atoms with Gasteiger partial charge in [0.1, 0.15) is 0 Å². The summed E-state index contributed by atoms with van der Waals surface area (Å²) in [7, 11) is -3.85. The van der Waals surface area contributed by atoms with Crippen LogP contribution in [0.1, 0.15) is 15.9 Å². The van der Waals surface area contributed by atoms with Gasteiger partial charge in [0.05, 0.1) is 32.6 Å². The molecule has 146 valence electrons. The maximum absolute atomic E-state index is 13.2. The molecule has 0 unspecified atom stereocenters. The molecule has 6 nitrogen and oxygen atoms in total. The van der Waals surface area contributed by atoms with Crippen LogP contribution in [0.15, 0.2) is 94.9 Å². The molecule has 0 spiro atoms. The number of pyridine rings is 1. The highest BCUT2D eigenvalue weighted by Gasteiger charge is 2.22. The Morgan fingerprint density at radius 3 is 2.33 bits per heavy atom. The first kappa shape index (κ1) is 19.3. The quantitative estimate of drug-likeness (QED) is 0.541. The van der Waals surface area contributed by atoms with E-state index < -0.39 is 9.84 Å². The largest absolute Gasteiger partial charge is 0.320 e. The molecular weight excluding hydrogens is 398 g/mol. The lowest BCUT2D eigenvalue weighted by Gasteiger charge is -2.12. The lowest BCUT2D eigenvalue weighted by atomic mass is 10.1. The summed E-state index contributed by atoms with van der Waals surface area (Å²) in [5, 5.41) is 12.1. The average molecular weight is 413 g/mol. The molecule has 0 aliphatic rings. The Kier molecular flexibility index (Phi) is 5.00. The lowest BCUT2D eigenvalue weighted by Crippen LogP contribution is -2.13. The summed E-state index contributed by atoms with van der Waals surface area (Å²) >= 11 is 0. The van der Waals surface area contributed by atoms with Gasteiger partial charge in [-0.25, -0.2) is 8.42 Å². The molecule has 30 heavy (non-hydrogen) atoms. The fraction of sp³-hybridized carbons (Fsp3) is 0. The second-order valence-electron chi connectivity index (χ2n) is 6.47. The molecule has 7 heteroatoms. The van der Waals surface area contributed by atoms with Crippen molar-refractivity contribution in [2.45, 2.75) is 9.79 Å². The van der Waals surface area contributed by atoms with E-state index in [0.29, 0.717) is 27.7 Å². The second kappa shape index (κ2) is 7.78. The Labute approximate surface area is 173 Å². The first-order valence-electron chi connectivity index (χ1n) is 9.00. The van der Waals surface area contributed by atoms with Gasteiger partial charge in [0.15, 0.2) is 0 Å². The van der Waals surface area contributed by atoms with Gasteiger partial charge in [-0.3, -0.25) is 9.78 Å². The van der Waals surface area contributed by atoms with E-state index >= 15 is 0 Å². The minimum Gasteiger partial charge on any atom is -0.320 e. The number of amides is 1. The number of fused-ring (bicyclic) bond motifs is 1. The van der Waals surface area contributed by atoms with Crippen molar-refractivity contribution >= 4 is 32.3 Å². The van der Waals surface area contributed by atoms with E-state index in [9.17, 15) is 13.2 Å². The number of nitrogens with one attached hydrogen (secondary N) is 1. The number of hydrogen-bond donors (Lipinski definition) is 1. The zero-order valence-electron chi connectivity index (χ0n) is 15.6. The van der Waals surface area contributed by atoms with Crippen molar-refractivity contribution in [3.05, 3.63) is 96.2 Å². The molecule has 0 bridgehead atoms. The monoisotopic (exact) mass is 413 g/mol. The van der Waals surface area contributed by atoms with Crippen LogP contribution in [0.25, 0.3) is 10.9 Å². The van der Waals surface area contributed by atoms with Crippen molar-refractivity contribution in [1.82, 2.24) is 4.98 Å². The minimum absolute atomic E-state index is 0.0766. The van der Waals surface area contributed by atoms with Crippen molar-refractivity contribution in [2.24, 2.45) is 0 Å². The van der Waals surface area contributed by atoms with Crippen LogP contribution in [-0.2, 0) is 9.84 Å². The number of rotatable bonds is 4. The smallest absolute Gasteiger partial charge is 0.255 e. The number of anilines is 1. The van der Waals surface area contributed by atoms with Crippen molar-refractivity contribution in [1.29, 1.82) is 5.26 Å². The molecule has 1 N–H and O–H groups in total. The van der Waals surface area contributed by atoms with Crippen LogP contribution in [-0.4, -0.2) is 19.3 Å². The number of nitrogens with zero attached hydrogens (tertiary/aromatic N) is 2. The average Bonchev–Trinajstić information content (AvgIpc) is 2.79. The van der Waals surface area contributed by atoms with Crippen LogP contribution < -0.4 is 5.32 Å². The highest BCUT2D eigenvalue weighted by atomic mass is 32.2. The predicted octanol–water partition coefficient (Wildman–Crippen LogP) is 4.19. The second-order valence-corrected chi connectivity index (χ2v) is 8.39. The van der Waals surface area contributed by atoms with Gasteiger partial charge in [-0.2, -0.15) is 5.26 Å². The number of carbonyl (C=O) groups is 1. The zero-order valence-corrected chi connectivity index (χ0v) is 16.4. The van der Waals surface area contributed by atoms with E-state index in [0.717, 1.165) is 0 Å². The predicted molar refractivity (Wildman–Crippen MR) is 113 cm³/mol. The first-order valence-corrected chi connectivity index (χ1v) is 10.5. The van der Waals surface area contributed by atoms with Gasteiger partial charge in [0.2, 0.25) is 9.84 Å². The molecule has 1 amide bonds. The molecule has 0 atom stereocenters. The number of sulfone groups is 1. The summed E-state index contributed by atoms with van der Waals surface area (Å²) in [4.78, 5) is 17.0. The summed E-state index contributed by atoms with van der Waals surface area (Å²) < 4.78 is 26.4. The van der Waals surface area contributed by atoms with E-state index in [4.69, 9.17) is 5.26 Å². The fourth-order valence-corrected chi connectivity index (χ4v) is 4.55. The molecule has 1 aromatic heterocycles. The highest BCUT2D eigenvalue weighted by Crippen LogP contribution is 2.32. The van der Waals surface area contributed by atoms with Gasteiger partial charge in [-0.1, -0.05) is 18.2 Å². The minimum atomic E-state index is -3.85. The molecule has 1 heterocycles. The summed E-state index contributed by atoms with van der Waals surface area (Å²) in [6.45, 7) is 0. The SMILES string of the molecule is N#Cc1ccc(S(=O)(=O)c2ccc(NC(=O)c3ccccc3)c3ncccc23)cc1. The molecule has 4 rings (SSSR count). The summed E-state index contributed by atoms with van der Waals surface area (Å²) in [5.41, 5.74) is 1.64. The Balaban J connectivity index is 1.79. The van der Waals surface area contributed by atoms with E-state index in [1.54, 1.807) is 42.6 Å². The Bertz CT molecular complexity index is 1390. The van der Waals surface area contributed by atoms with Crippen LogP contribution in [0.5, 0.6) is 0 Å². The number of hydrogen-bond acceptors (Lipinski definition) is 5. The topological polar surface area (TPSA) is 99.9 Å². The molecule has 0 fully saturated rings. The first-order chi connectivity index (χ1) is 14.5. The summed E-state index contributed by atoms with van der Waals surface area (Å²) in [5.74, 6) is -0.315. The van der Waals surface area contributed by atoms with Crippen molar-refractivity contribution < 1.29 is 13.2 Å².